The van der Waals surface area contributed by atoms with E-state index in [-0.39, 0.29) is 27.0 Å². The highest BCUT2D eigenvalue weighted by atomic mass is 35.5. The summed E-state index contributed by atoms with van der Waals surface area (Å²) in [7, 11) is 1.11. The number of pyridine rings is 1. The number of aromatic hydroxyl groups is 1. The van der Waals surface area contributed by atoms with Gasteiger partial charge in [0.2, 0.25) is 0 Å². The summed E-state index contributed by atoms with van der Waals surface area (Å²) in [4.78, 5) is 15.4. The van der Waals surface area contributed by atoms with Crippen molar-refractivity contribution in [2.75, 3.05) is 7.11 Å². The van der Waals surface area contributed by atoms with Gasteiger partial charge >= 0.3 is 12.1 Å². The number of ether oxygens (including phenoxy) is 1. The lowest BCUT2D eigenvalue weighted by molar-refractivity contribution is -0.137. The van der Waals surface area contributed by atoms with Crippen LogP contribution in [0.5, 0.6) is 5.75 Å². The smallest absolute Gasteiger partial charge is 0.416 e. The van der Waals surface area contributed by atoms with Crippen LogP contribution in [0.3, 0.4) is 0 Å². The monoisotopic (exact) mass is 365 g/mol. The summed E-state index contributed by atoms with van der Waals surface area (Å²) in [6, 6.07) is 3.56. The Morgan fingerprint density at radius 3 is 2.39 bits per heavy atom. The molecule has 2 aromatic rings. The van der Waals surface area contributed by atoms with Gasteiger partial charge in [0.15, 0.2) is 5.69 Å². The minimum atomic E-state index is -4.56. The van der Waals surface area contributed by atoms with Gasteiger partial charge in [-0.25, -0.2) is 9.78 Å². The molecule has 0 unspecified atom stereocenters. The average Bonchev–Trinajstić information content (AvgIpc) is 2.46. The molecule has 0 aliphatic heterocycles. The highest BCUT2D eigenvalue weighted by Gasteiger charge is 2.31. The van der Waals surface area contributed by atoms with Gasteiger partial charge in [-0.1, -0.05) is 29.3 Å². The summed E-state index contributed by atoms with van der Waals surface area (Å²) in [5.74, 6) is -1.30. The number of benzene rings is 1. The fraction of sp³-hybridized carbons (Fsp3) is 0.143. The number of halogens is 5. The number of rotatable bonds is 2. The maximum atomic E-state index is 12.6. The number of nitrogens with zero attached hydrogens (tertiary/aromatic N) is 1. The molecule has 0 amide bonds. The van der Waals surface area contributed by atoms with Gasteiger partial charge in [0.25, 0.3) is 0 Å². The number of aromatic nitrogens is 1. The zero-order chi connectivity index (χ0) is 17.4. The van der Waals surface area contributed by atoms with Crippen LogP contribution in [0.25, 0.3) is 11.3 Å². The normalized spacial score (nSPS) is 11.4. The third-order valence-electron chi connectivity index (χ3n) is 2.89. The lowest BCUT2D eigenvalue weighted by atomic mass is 10.1. The number of hydrogen-bond donors (Lipinski definition) is 1. The second-order valence-electron chi connectivity index (χ2n) is 4.37. The zero-order valence-electron chi connectivity index (χ0n) is 11.4. The van der Waals surface area contributed by atoms with Crippen molar-refractivity contribution in [3.05, 3.63) is 45.6 Å². The fourth-order valence-electron chi connectivity index (χ4n) is 1.80. The van der Waals surface area contributed by atoms with E-state index in [9.17, 15) is 23.1 Å². The largest absolute Gasteiger partial charge is 0.506 e. The second kappa shape index (κ2) is 6.25. The summed E-state index contributed by atoms with van der Waals surface area (Å²) in [5, 5.41) is 9.44. The second-order valence-corrected chi connectivity index (χ2v) is 5.18. The molecule has 0 aliphatic carbocycles. The van der Waals surface area contributed by atoms with Crippen LogP contribution in [0.2, 0.25) is 10.0 Å². The van der Waals surface area contributed by atoms with Crippen molar-refractivity contribution in [3.8, 4) is 17.0 Å². The van der Waals surface area contributed by atoms with Crippen molar-refractivity contribution in [2.24, 2.45) is 0 Å². The van der Waals surface area contributed by atoms with Crippen LogP contribution in [0.15, 0.2) is 24.3 Å². The first-order chi connectivity index (χ1) is 10.6. The molecule has 9 heteroatoms. The minimum Gasteiger partial charge on any atom is -0.506 e. The van der Waals surface area contributed by atoms with E-state index >= 15 is 0 Å². The Morgan fingerprint density at radius 2 is 1.87 bits per heavy atom. The number of methoxy groups -OCH3 is 1. The first-order valence-corrected chi connectivity index (χ1v) is 6.75. The van der Waals surface area contributed by atoms with Crippen molar-refractivity contribution >= 4 is 29.2 Å². The van der Waals surface area contributed by atoms with E-state index in [0.717, 1.165) is 25.3 Å². The highest BCUT2D eigenvalue weighted by Crippen LogP contribution is 2.38. The Morgan fingerprint density at radius 1 is 1.22 bits per heavy atom. The SMILES string of the molecule is COC(=O)c1nc(-c2ccc(C(F)(F)F)cc2Cl)c(O)cc1Cl. The highest BCUT2D eigenvalue weighted by molar-refractivity contribution is 6.34. The third kappa shape index (κ3) is 3.51. The molecule has 1 heterocycles. The molecule has 0 aliphatic rings. The fourth-order valence-corrected chi connectivity index (χ4v) is 2.29. The van der Waals surface area contributed by atoms with E-state index in [1.54, 1.807) is 0 Å². The van der Waals surface area contributed by atoms with E-state index in [2.05, 4.69) is 9.72 Å². The number of alkyl halides is 3. The predicted molar refractivity (Wildman–Crippen MR) is 77.7 cm³/mol. The van der Waals surface area contributed by atoms with Crippen LogP contribution < -0.4 is 0 Å². The number of hydrogen-bond acceptors (Lipinski definition) is 4. The van der Waals surface area contributed by atoms with Crippen LogP contribution in [0, 0.1) is 0 Å². The lowest BCUT2D eigenvalue weighted by Gasteiger charge is -2.12. The Hall–Kier alpha value is -1.99. The zero-order valence-corrected chi connectivity index (χ0v) is 12.9. The molecule has 0 radical (unpaired) electrons. The van der Waals surface area contributed by atoms with Gasteiger partial charge in [0.05, 0.1) is 22.7 Å². The van der Waals surface area contributed by atoms with Gasteiger partial charge in [-0.15, -0.1) is 0 Å². The van der Waals surface area contributed by atoms with E-state index in [4.69, 9.17) is 23.2 Å². The molecule has 122 valence electrons. The van der Waals surface area contributed by atoms with Crippen molar-refractivity contribution in [2.45, 2.75) is 6.18 Å². The average molecular weight is 366 g/mol. The molecular weight excluding hydrogens is 358 g/mol. The molecule has 0 bridgehead atoms. The standard InChI is InChI=1S/C14H8Cl2F3NO3/c1-23-13(22)12-9(16)5-10(21)11(20-12)7-3-2-6(4-8(7)15)14(17,18)19/h2-5,21H,1H3. The summed E-state index contributed by atoms with van der Waals surface area (Å²) in [6.07, 6.45) is -4.56. The maximum Gasteiger partial charge on any atom is 0.416 e. The summed E-state index contributed by atoms with van der Waals surface area (Å²) >= 11 is 11.6. The molecule has 0 fully saturated rings. The first kappa shape index (κ1) is 17.4. The van der Waals surface area contributed by atoms with Crippen molar-refractivity contribution in [3.63, 3.8) is 0 Å². The molecular formula is C14H8Cl2F3NO3. The third-order valence-corrected chi connectivity index (χ3v) is 3.49. The topological polar surface area (TPSA) is 59.4 Å². The van der Waals surface area contributed by atoms with Crippen molar-refractivity contribution < 1.29 is 27.8 Å². The van der Waals surface area contributed by atoms with Crippen LogP contribution >= 0.6 is 23.2 Å². The van der Waals surface area contributed by atoms with Crippen LogP contribution in [-0.2, 0) is 10.9 Å². The van der Waals surface area contributed by atoms with E-state index < -0.39 is 23.5 Å². The van der Waals surface area contributed by atoms with E-state index in [1.165, 1.54) is 0 Å². The quantitative estimate of drug-likeness (QED) is 0.792. The Kier molecular flexibility index (Phi) is 4.72. The maximum absolute atomic E-state index is 12.6. The summed E-state index contributed by atoms with van der Waals surface area (Å²) < 4.78 is 42.4. The molecule has 1 aromatic heterocycles. The molecule has 0 saturated heterocycles. The van der Waals surface area contributed by atoms with E-state index in [0.29, 0.717) is 6.07 Å². The van der Waals surface area contributed by atoms with Crippen LogP contribution in [0.1, 0.15) is 16.1 Å². The molecule has 1 aromatic carbocycles. The molecule has 2 rings (SSSR count). The minimum absolute atomic E-state index is 0.0130. The lowest BCUT2D eigenvalue weighted by Crippen LogP contribution is -2.07. The van der Waals surface area contributed by atoms with Crippen LogP contribution in [-0.4, -0.2) is 23.2 Å². The summed E-state index contributed by atoms with van der Waals surface area (Å²) in [6.45, 7) is 0. The Labute approximate surface area is 138 Å². The predicted octanol–water partition coefficient (Wildman–Crippen LogP) is 4.57. The summed E-state index contributed by atoms with van der Waals surface area (Å²) in [5.41, 5.74) is -1.42. The number of carbonyl (C=O) groups excluding carboxylic acids is 1. The van der Waals surface area contributed by atoms with Gasteiger partial charge in [-0.05, 0) is 12.1 Å². The number of carbonyl (C=O) groups is 1. The molecule has 0 spiro atoms. The molecule has 23 heavy (non-hydrogen) atoms. The van der Waals surface area contributed by atoms with Crippen molar-refractivity contribution in [1.29, 1.82) is 0 Å². The number of esters is 1. The molecule has 0 saturated carbocycles. The van der Waals surface area contributed by atoms with Gasteiger partial charge in [0, 0.05) is 11.6 Å². The van der Waals surface area contributed by atoms with E-state index in [1.807, 2.05) is 0 Å². The molecule has 4 nitrogen and oxygen atoms in total. The van der Waals surface area contributed by atoms with Gasteiger partial charge in [-0.2, -0.15) is 13.2 Å². The van der Waals surface area contributed by atoms with Crippen LogP contribution in [0.4, 0.5) is 13.2 Å². The molecule has 1 N–H and O–H groups in total. The van der Waals surface area contributed by atoms with Gasteiger partial charge in [-0.3, -0.25) is 0 Å². The Balaban J connectivity index is 2.61. The van der Waals surface area contributed by atoms with Gasteiger partial charge in [0.1, 0.15) is 11.4 Å². The Bertz CT molecular complexity index is 779. The van der Waals surface area contributed by atoms with Gasteiger partial charge < -0.3 is 9.84 Å². The van der Waals surface area contributed by atoms with Crippen molar-refractivity contribution in [1.82, 2.24) is 4.98 Å². The molecule has 0 atom stereocenters. The first-order valence-electron chi connectivity index (χ1n) is 6.00.